The Bertz CT molecular complexity index is 344. The summed E-state index contributed by atoms with van der Waals surface area (Å²) in [6, 6.07) is 5.52. The Morgan fingerprint density at radius 3 is 3.07 bits per heavy atom. The highest BCUT2D eigenvalue weighted by Gasteiger charge is 2.06. The van der Waals surface area contributed by atoms with Gasteiger partial charge in [-0.15, -0.1) is 0 Å². The van der Waals surface area contributed by atoms with Crippen LogP contribution < -0.4 is 4.74 Å². The molecule has 1 unspecified atom stereocenters. The van der Waals surface area contributed by atoms with E-state index < -0.39 is 0 Å². The van der Waals surface area contributed by atoms with Gasteiger partial charge in [-0.25, -0.2) is 4.98 Å². The van der Waals surface area contributed by atoms with Crippen molar-refractivity contribution in [3.8, 4) is 11.9 Å². The molecule has 1 aromatic heterocycles. The highest BCUT2D eigenvalue weighted by atomic mass is 16.5. The Balaban J connectivity index is 2.54. The monoisotopic (exact) mass is 204 g/mol. The Morgan fingerprint density at radius 1 is 1.60 bits per heavy atom. The number of aromatic nitrogens is 1. The largest absolute Gasteiger partial charge is 0.476 e. The predicted molar refractivity (Wildman–Crippen MR) is 58.5 cm³/mol. The summed E-state index contributed by atoms with van der Waals surface area (Å²) in [6.45, 7) is 4.91. The Labute approximate surface area is 90.7 Å². The molecule has 0 amide bonds. The maximum Gasteiger partial charge on any atom is 0.231 e. The predicted octanol–water partition coefficient (Wildman–Crippen LogP) is 2.77. The van der Waals surface area contributed by atoms with Crippen molar-refractivity contribution in [2.75, 3.05) is 6.61 Å². The first kappa shape index (κ1) is 11.5. The van der Waals surface area contributed by atoms with E-state index in [9.17, 15) is 0 Å². The summed E-state index contributed by atoms with van der Waals surface area (Å²) in [5, 5.41) is 8.82. The molecule has 1 rings (SSSR count). The summed E-state index contributed by atoms with van der Waals surface area (Å²) < 4.78 is 5.51. The zero-order valence-corrected chi connectivity index (χ0v) is 9.23. The van der Waals surface area contributed by atoms with Crippen LogP contribution in [0.15, 0.2) is 18.3 Å². The highest BCUT2D eigenvalue weighted by molar-refractivity contribution is 5.36. The third kappa shape index (κ3) is 3.59. The molecule has 0 aliphatic carbocycles. The molecule has 0 radical (unpaired) electrons. The Hall–Kier alpha value is -1.56. The molecule has 3 nitrogen and oxygen atoms in total. The zero-order valence-electron chi connectivity index (χ0n) is 9.23. The van der Waals surface area contributed by atoms with E-state index in [0.29, 0.717) is 24.0 Å². The van der Waals surface area contributed by atoms with Gasteiger partial charge in [0.25, 0.3) is 0 Å². The molecule has 0 aliphatic rings. The molecule has 0 saturated carbocycles. The average Bonchev–Trinajstić information content (AvgIpc) is 2.27. The molecule has 3 heteroatoms. The van der Waals surface area contributed by atoms with Crippen LogP contribution in [0.2, 0.25) is 0 Å². The van der Waals surface area contributed by atoms with Crippen molar-refractivity contribution in [3.05, 3.63) is 23.9 Å². The first-order valence-electron chi connectivity index (χ1n) is 5.25. The minimum absolute atomic E-state index is 0.447. The second kappa shape index (κ2) is 6.02. The lowest BCUT2D eigenvalue weighted by Crippen LogP contribution is -2.09. The third-order valence-corrected chi connectivity index (χ3v) is 2.18. The fraction of sp³-hybridized carbons (Fsp3) is 0.500. The number of rotatable bonds is 5. The van der Waals surface area contributed by atoms with Gasteiger partial charge in [-0.3, -0.25) is 0 Å². The van der Waals surface area contributed by atoms with Crippen LogP contribution in [-0.2, 0) is 0 Å². The summed E-state index contributed by atoms with van der Waals surface area (Å²) in [6.07, 6.45) is 3.92. The van der Waals surface area contributed by atoms with Gasteiger partial charge in [-0.05, 0) is 24.5 Å². The van der Waals surface area contributed by atoms with Crippen LogP contribution in [0.1, 0.15) is 32.3 Å². The lowest BCUT2D eigenvalue weighted by molar-refractivity contribution is 0.242. The molecule has 0 fully saturated rings. The summed E-state index contributed by atoms with van der Waals surface area (Å²) in [7, 11) is 0. The number of ether oxygens (including phenoxy) is 1. The highest BCUT2D eigenvalue weighted by Crippen LogP contribution is 2.14. The molecule has 1 atom stereocenters. The molecule has 0 aromatic carbocycles. The van der Waals surface area contributed by atoms with Gasteiger partial charge in [0.05, 0.1) is 6.61 Å². The van der Waals surface area contributed by atoms with Crippen molar-refractivity contribution >= 4 is 0 Å². The minimum Gasteiger partial charge on any atom is -0.476 e. The van der Waals surface area contributed by atoms with E-state index in [1.54, 1.807) is 18.3 Å². The van der Waals surface area contributed by atoms with Crippen LogP contribution in [-0.4, -0.2) is 11.6 Å². The molecular formula is C12H16N2O. The van der Waals surface area contributed by atoms with Gasteiger partial charge in [0.15, 0.2) is 0 Å². The van der Waals surface area contributed by atoms with E-state index in [-0.39, 0.29) is 0 Å². The summed E-state index contributed by atoms with van der Waals surface area (Å²) >= 11 is 0. The number of hydrogen-bond acceptors (Lipinski definition) is 3. The molecule has 0 aliphatic heterocycles. The van der Waals surface area contributed by atoms with E-state index in [1.807, 2.05) is 0 Å². The topological polar surface area (TPSA) is 45.9 Å². The van der Waals surface area contributed by atoms with E-state index in [2.05, 4.69) is 24.9 Å². The molecule has 1 heterocycles. The fourth-order valence-electron chi connectivity index (χ4n) is 1.39. The van der Waals surface area contributed by atoms with Crippen molar-refractivity contribution in [3.63, 3.8) is 0 Å². The first-order chi connectivity index (χ1) is 7.27. The SMILES string of the molecule is CCCC(C)COc1ncccc1C#N. The number of nitrogens with zero attached hydrogens (tertiary/aromatic N) is 2. The standard InChI is InChI=1S/C12H16N2O/c1-3-5-10(2)9-15-12-11(8-13)6-4-7-14-12/h4,6-7,10H,3,5,9H2,1-2H3. The molecular weight excluding hydrogens is 188 g/mol. The summed E-state index contributed by atoms with van der Waals surface area (Å²) in [5.74, 6) is 0.950. The first-order valence-corrected chi connectivity index (χ1v) is 5.25. The van der Waals surface area contributed by atoms with Gasteiger partial charge in [0.1, 0.15) is 11.6 Å². The smallest absolute Gasteiger partial charge is 0.231 e. The molecule has 0 N–H and O–H groups in total. The van der Waals surface area contributed by atoms with Gasteiger partial charge >= 0.3 is 0 Å². The number of hydrogen-bond donors (Lipinski definition) is 0. The molecule has 1 aromatic rings. The molecule has 0 bridgehead atoms. The zero-order chi connectivity index (χ0) is 11.1. The van der Waals surface area contributed by atoms with Gasteiger partial charge in [0.2, 0.25) is 5.88 Å². The van der Waals surface area contributed by atoms with Crippen molar-refractivity contribution in [2.24, 2.45) is 5.92 Å². The van der Waals surface area contributed by atoms with Gasteiger partial charge < -0.3 is 4.74 Å². The molecule has 15 heavy (non-hydrogen) atoms. The van der Waals surface area contributed by atoms with Crippen molar-refractivity contribution < 1.29 is 4.74 Å². The van der Waals surface area contributed by atoms with Crippen LogP contribution >= 0.6 is 0 Å². The molecule has 80 valence electrons. The average molecular weight is 204 g/mol. The minimum atomic E-state index is 0.447. The summed E-state index contributed by atoms with van der Waals surface area (Å²) in [5.41, 5.74) is 0.501. The maximum atomic E-state index is 8.82. The maximum absolute atomic E-state index is 8.82. The number of pyridine rings is 1. The molecule has 0 spiro atoms. The summed E-state index contributed by atoms with van der Waals surface area (Å²) in [4.78, 5) is 4.04. The fourth-order valence-corrected chi connectivity index (χ4v) is 1.39. The van der Waals surface area contributed by atoms with Crippen molar-refractivity contribution in [1.82, 2.24) is 4.98 Å². The van der Waals surface area contributed by atoms with E-state index >= 15 is 0 Å². The quantitative estimate of drug-likeness (QED) is 0.740. The second-order valence-electron chi connectivity index (χ2n) is 3.67. The van der Waals surface area contributed by atoms with E-state index in [4.69, 9.17) is 10.00 Å². The van der Waals surface area contributed by atoms with E-state index in [1.165, 1.54) is 0 Å². The van der Waals surface area contributed by atoms with Crippen molar-refractivity contribution in [1.29, 1.82) is 5.26 Å². The number of nitriles is 1. The third-order valence-electron chi connectivity index (χ3n) is 2.18. The van der Waals surface area contributed by atoms with E-state index in [0.717, 1.165) is 12.8 Å². The van der Waals surface area contributed by atoms with Gasteiger partial charge in [-0.1, -0.05) is 20.3 Å². The Morgan fingerprint density at radius 2 is 2.40 bits per heavy atom. The normalized spacial score (nSPS) is 11.8. The van der Waals surface area contributed by atoms with Crippen molar-refractivity contribution in [2.45, 2.75) is 26.7 Å². The lowest BCUT2D eigenvalue weighted by atomic mass is 10.1. The van der Waals surface area contributed by atoms with Gasteiger partial charge in [-0.2, -0.15) is 5.26 Å². The van der Waals surface area contributed by atoms with Crippen LogP contribution in [0, 0.1) is 17.2 Å². The van der Waals surface area contributed by atoms with Crippen LogP contribution in [0.4, 0.5) is 0 Å². The van der Waals surface area contributed by atoms with Crippen LogP contribution in [0.3, 0.4) is 0 Å². The lowest BCUT2D eigenvalue weighted by Gasteiger charge is -2.11. The van der Waals surface area contributed by atoms with Crippen LogP contribution in [0.25, 0.3) is 0 Å². The Kier molecular flexibility index (Phi) is 4.62. The molecule has 0 saturated heterocycles. The second-order valence-corrected chi connectivity index (χ2v) is 3.67. The van der Waals surface area contributed by atoms with Crippen LogP contribution in [0.5, 0.6) is 5.88 Å². The van der Waals surface area contributed by atoms with Gasteiger partial charge in [0, 0.05) is 6.20 Å².